The monoisotopic (exact) mass is 396 g/mol. The first-order chi connectivity index (χ1) is 13.9. The van der Waals surface area contributed by atoms with Gasteiger partial charge in [-0.25, -0.2) is 0 Å². The van der Waals surface area contributed by atoms with Crippen molar-refractivity contribution in [2.45, 2.75) is 25.8 Å². The third kappa shape index (κ3) is 5.08. The van der Waals surface area contributed by atoms with Gasteiger partial charge in [0.15, 0.2) is 6.61 Å². The second kappa shape index (κ2) is 8.99. The maximum atomic E-state index is 13.4. The standard InChI is InChI=1S/C23H28N2O4/c1-16(17-8-9-17)25(19-10-12-20(28-4)13-11-19)23(27)18-6-5-7-21(14-18)29-15-22(26)24(2)3/h5-7,10-14,16-17H,8-9,15H2,1-4H3. The molecule has 0 spiro atoms. The molecule has 1 aliphatic carbocycles. The number of anilines is 1. The molecule has 0 N–H and O–H groups in total. The van der Waals surface area contributed by atoms with Gasteiger partial charge in [-0.1, -0.05) is 6.07 Å². The third-order valence-corrected chi connectivity index (χ3v) is 5.22. The van der Waals surface area contributed by atoms with Crippen LogP contribution in [0.5, 0.6) is 11.5 Å². The number of likely N-dealkylation sites (N-methyl/N-ethyl adjacent to an activating group) is 1. The summed E-state index contributed by atoms with van der Waals surface area (Å²) in [4.78, 5) is 28.5. The predicted molar refractivity (Wildman–Crippen MR) is 113 cm³/mol. The first-order valence-electron chi connectivity index (χ1n) is 9.81. The van der Waals surface area contributed by atoms with E-state index in [4.69, 9.17) is 9.47 Å². The highest BCUT2D eigenvalue weighted by atomic mass is 16.5. The predicted octanol–water partition coefficient (Wildman–Crippen LogP) is 3.61. The van der Waals surface area contributed by atoms with Crippen molar-refractivity contribution in [2.75, 3.05) is 32.7 Å². The molecule has 1 saturated carbocycles. The Balaban J connectivity index is 1.83. The van der Waals surface area contributed by atoms with Crippen molar-refractivity contribution >= 4 is 17.5 Å². The lowest BCUT2D eigenvalue weighted by atomic mass is 10.1. The summed E-state index contributed by atoms with van der Waals surface area (Å²) < 4.78 is 10.8. The molecule has 0 saturated heterocycles. The molecule has 0 aliphatic heterocycles. The minimum absolute atomic E-state index is 0.0642. The number of amides is 2. The Morgan fingerprint density at radius 3 is 2.34 bits per heavy atom. The van der Waals surface area contributed by atoms with Crippen LogP contribution in [0.25, 0.3) is 0 Å². The molecule has 1 unspecified atom stereocenters. The SMILES string of the molecule is COc1ccc(N(C(=O)c2cccc(OCC(=O)N(C)C)c2)C(C)C2CC2)cc1. The average molecular weight is 396 g/mol. The summed E-state index contributed by atoms with van der Waals surface area (Å²) in [5.74, 6) is 1.54. The summed E-state index contributed by atoms with van der Waals surface area (Å²) in [5.41, 5.74) is 1.37. The van der Waals surface area contributed by atoms with Crippen LogP contribution in [-0.2, 0) is 4.79 Å². The molecule has 0 heterocycles. The van der Waals surface area contributed by atoms with E-state index in [0.29, 0.717) is 17.2 Å². The first kappa shape index (κ1) is 20.7. The van der Waals surface area contributed by atoms with Gasteiger partial charge in [-0.3, -0.25) is 9.59 Å². The van der Waals surface area contributed by atoms with E-state index < -0.39 is 0 Å². The fourth-order valence-corrected chi connectivity index (χ4v) is 3.20. The van der Waals surface area contributed by atoms with Gasteiger partial charge in [-0.15, -0.1) is 0 Å². The van der Waals surface area contributed by atoms with Gasteiger partial charge in [0.2, 0.25) is 0 Å². The van der Waals surface area contributed by atoms with Crippen LogP contribution in [0.3, 0.4) is 0 Å². The van der Waals surface area contributed by atoms with Crippen LogP contribution in [0, 0.1) is 5.92 Å². The van der Waals surface area contributed by atoms with Crippen molar-refractivity contribution in [3.05, 3.63) is 54.1 Å². The minimum atomic E-state index is -0.135. The van der Waals surface area contributed by atoms with Crippen LogP contribution in [0.4, 0.5) is 5.69 Å². The highest BCUT2D eigenvalue weighted by Crippen LogP contribution is 2.38. The van der Waals surface area contributed by atoms with Gasteiger partial charge >= 0.3 is 0 Å². The molecule has 1 aliphatic rings. The number of hydrogen-bond acceptors (Lipinski definition) is 4. The van der Waals surface area contributed by atoms with Crippen molar-refractivity contribution in [1.29, 1.82) is 0 Å². The number of carbonyl (C=O) groups is 2. The lowest BCUT2D eigenvalue weighted by Crippen LogP contribution is -2.40. The van der Waals surface area contributed by atoms with Gasteiger partial charge in [-0.2, -0.15) is 0 Å². The molecule has 6 heteroatoms. The molecule has 6 nitrogen and oxygen atoms in total. The van der Waals surface area contributed by atoms with Gasteiger partial charge in [0.25, 0.3) is 11.8 Å². The zero-order valence-corrected chi connectivity index (χ0v) is 17.4. The van der Waals surface area contributed by atoms with Crippen molar-refractivity contribution in [3.8, 4) is 11.5 Å². The molecule has 0 bridgehead atoms. The molecule has 0 aromatic heterocycles. The van der Waals surface area contributed by atoms with Crippen LogP contribution in [0.1, 0.15) is 30.1 Å². The zero-order chi connectivity index (χ0) is 21.0. The molecule has 2 aromatic carbocycles. The second-order valence-electron chi connectivity index (χ2n) is 7.56. The summed E-state index contributed by atoms with van der Waals surface area (Å²) in [5, 5.41) is 0. The number of hydrogen-bond donors (Lipinski definition) is 0. The molecular formula is C23H28N2O4. The summed E-state index contributed by atoms with van der Waals surface area (Å²) in [7, 11) is 4.98. The summed E-state index contributed by atoms with van der Waals surface area (Å²) in [6.07, 6.45) is 2.27. The lowest BCUT2D eigenvalue weighted by Gasteiger charge is -2.30. The van der Waals surface area contributed by atoms with Gasteiger partial charge in [-0.05, 0) is 68.1 Å². The quantitative estimate of drug-likeness (QED) is 0.684. The van der Waals surface area contributed by atoms with Gasteiger partial charge < -0.3 is 19.3 Å². The normalized spacial score (nSPS) is 14.1. The molecule has 154 valence electrons. The summed E-state index contributed by atoms with van der Waals surface area (Å²) in [6, 6.07) is 14.6. The van der Waals surface area contributed by atoms with Crippen LogP contribution in [-0.4, -0.2) is 50.6 Å². The Morgan fingerprint density at radius 1 is 1.07 bits per heavy atom. The molecule has 1 fully saturated rings. The van der Waals surface area contributed by atoms with Crippen molar-refractivity contribution in [3.63, 3.8) is 0 Å². The second-order valence-corrected chi connectivity index (χ2v) is 7.56. The van der Waals surface area contributed by atoms with E-state index in [9.17, 15) is 9.59 Å². The Morgan fingerprint density at radius 2 is 1.76 bits per heavy atom. The van der Waals surface area contributed by atoms with Crippen LogP contribution < -0.4 is 14.4 Å². The van der Waals surface area contributed by atoms with Crippen LogP contribution in [0.2, 0.25) is 0 Å². The maximum absolute atomic E-state index is 13.4. The molecule has 29 heavy (non-hydrogen) atoms. The number of methoxy groups -OCH3 is 1. The molecule has 0 radical (unpaired) electrons. The highest BCUT2D eigenvalue weighted by molar-refractivity contribution is 6.06. The highest BCUT2D eigenvalue weighted by Gasteiger charge is 2.35. The number of ether oxygens (including phenoxy) is 2. The smallest absolute Gasteiger partial charge is 0.259 e. The Labute approximate surface area is 172 Å². The van der Waals surface area contributed by atoms with E-state index in [0.717, 1.165) is 24.3 Å². The van der Waals surface area contributed by atoms with Crippen LogP contribution >= 0.6 is 0 Å². The molecule has 1 atom stereocenters. The van der Waals surface area contributed by atoms with E-state index in [2.05, 4.69) is 6.92 Å². The average Bonchev–Trinajstić information content (AvgIpc) is 3.58. The summed E-state index contributed by atoms with van der Waals surface area (Å²) >= 11 is 0. The van der Waals surface area contributed by atoms with Gasteiger partial charge in [0.1, 0.15) is 11.5 Å². The molecule has 2 aromatic rings. The van der Waals surface area contributed by atoms with E-state index >= 15 is 0 Å². The van der Waals surface area contributed by atoms with E-state index in [1.54, 1.807) is 45.5 Å². The van der Waals surface area contributed by atoms with Crippen molar-refractivity contribution < 1.29 is 19.1 Å². The van der Waals surface area contributed by atoms with E-state index in [1.807, 2.05) is 29.2 Å². The van der Waals surface area contributed by atoms with Crippen molar-refractivity contribution in [2.24, 2.45) is 5.92 Å². The van der Waals surface area contributed by atoms with Gasteiger partial charge in [0, 0.05) is 31.4 Å². The fraction of sp³-hybridized carbons (Fsp3) is 0.391. The number of benzene rings is 2. The first-order valence-corrected chi connectivity index (χ1v) is 9.81. The Bertz CT molecular complexity index is 859. The Hall–Kier alpha value is -3.02. The number of nitrogens with zero attached hydrogens (tertiary/aromatic N) is 2. The fourth-order valence-electron chi connectivity index (χ4n) is 3.20. The maximum Gasteiger partial charge on any atom is 0.259 e. The molecule has 3 rings (SSSR count). The number of rotatable bonds is 8. The van der Waals surface area contributed by atoms with Crippen LogP contribution in [0.15, 0.2) is 48.5 Å². The zero-order valence-electron chi connectivity index (χ0n) is 17.4. The largest absolute Gasteiger partial charge is 0.497 e. The lowest BCUT2D eigenvalue weighted by molar-refractivity contribution is -0.130. The van der Waals surface area contributed by atoms with E-state index in [1.165, 1.54) is 4.90 Å². The minimum Gasteiger partial charge on any atom is -0.497 e. The third-order valence-electron chi connectivity index (χ3n) is 5.22. The summed E-state index contributed by atoms with van der Waals surface area (Å²) in [6.45, 7) is 2.03. The van der Waals surface area contributed by atoms with Gasteiger partial charge in [0.05, 0.1) is 7.11 Å². The van der Waals surface area contributed by atoms with E-state index in [-0.39, 0.29) is 24.5 Å². The Kier molecular flexibility index (Phi) is 6.42. The topological polar surface area (TPSA) is 59.1 Å². The number of carbonyl (C=O) groups excluding carboxylic acids is 2. The molecule has 2 amide bonds. The molecular weight excluding hydrogens is 368 g/mol. The van der Waals surface area contributed by atoms with Crippen molar-refractivity contribution in [1.82, 2.24) is 4.90 Å².